The van der Waals surface area contributed by atoms with Gasteiger partial charge in [0, 0.05) is 5.75 Å². The summed E-state index contributed by atoms with van der Waals surface area (Å²) >= 11 is 0.385. The van der Waals surface area contributed by atoms with Crippen LogP contribution in [0.3, 0.4) is 0 Å². The second-order valence-electron chi connectivity index (χ2n) is 1.50. The minimum absolute atomic E-state index is 0.0684. The summed E-state index contributed by atoms with van der Waals surface area (Å²) in [6.45, 7) is 3.22. The van der Waals surface area contributed by atoms with Crippen molar-refractivity contribution >= 4 is 16.8 Å². The molecule has 0 unspecified atom stereocenters. The Labute approximate surface area is 65.8 Å². The number of oxime groups is 1. The van der Waals surface area contributed by atoms with Gasteiger partial charge in [-0.25, -0.2) is 0 Å². The van der Waals surface area contributed by atoms with E-state index in [1.165, 1.54) is 6.08 Å². The Bertz CT molecular complexity index is 166. The van der Waals surface area contributed by atoms with Crippen molar-refractivity contribution in [3.63, 3.8) is 0 Å². The van der Waals surface area contributed by atoms with Crippen molar-refractivity contribution in [2.75, 3.05) is 5.75 Å². The fraction of sp³-hybridized carbons (Fsp3) is 0.400. The van der Waals surface area contributed by atoms with E-state index in [9.17, 15) is 13.2 Å². The maximum Gasteiger partial charge on any atom is 0.442 e. The molecule has 0 saturated carbocycles. The highest BCUT2D eigenvalue weighted by molar-refractivity contribution is 8.14. The van der Waals surface area contributed by atoms with Gasteiger partial charge in [-0.1, -0.05) is 23.0 Å². The topological polar surface area (TPSA) is 32.6 Å². The van der Waals surface area contributed by atoms with Crippen molar-refractivity contribution in [2.45, 2.75) is 6.18 Å². The van der Waals surface area contributed by atoms with Crippen LogP contribution in [0.4, 0.5) is 13.2 Å². The van der Waals surface area contributed by atoms with Crippen LogP contribution in [0, 0.1) is 0 Å². The first-order chi connectivity index (χ1) is 5.02. The first-order valence-corrected chi connectivity index (χ1v) is 3.54. The zero-order valence-corrected chi connectivity index (χ0v) is 6.24. The summed E-state index contributed by atoms with van der Waals surface area (Å²) in [5.41, 5.74) is 0. The Hall–Kier alpha value is -0.650. The molecule has 0 aromatic heterocycles. The summed E-state index contributed by atoms with van der Waals surface area (Å²) in [5, 5.41) is 8.75. The molecule has 0 atom stereocenters. The molecule has 11 heavy (non-hydrogen) atoms. The van der Waals surface area contributed by atoms with E-state index < -0.39 is 11.2 Å². The van der Waals surface area contributed by atoms with E-state index in [2.05, 4.69) is 11.7 Å². The monoisotopic (exact) mass is 185 g/mol. The number of nitrogens with zero attached hydrogens (tertiary/aromatic N) is 1. The van der Waals surface area contributed by atoms with Crippen molar-refractivity contribution in [1.29, 1.82) is 0 Å². The van der Waals surface area contributed by atoms with Crippen molar-refractivity contribution in [2.24, 2.45) is 5.16 Å². The van der Waals surface area contributed by atoms with Crippen LogP contribution >= 0.6 is 11.8 Å². The van der Waals surface area contributed by atoms with Gasteiger partial charge in [-0.05, 0) is 0 Å². The molecule has 0 aliphatic heterocycles. The van der Waals surface area contributed by atoms with Gasteiger partial charge in [0.25, 0.3) is 0 Å². The third-order valence-corrected chi connectivity index (χ3v) is 1.66. The Morgan fingerprint density at radius 2 is 2.18 bits per heavy atom. The Balaban J connectivity index is 4.09. The quantitative estimate of drug-likeness (QED) is 0.235. The zero-order valence-electron chi connectivity index (χ0n) is 5.43. The summed E-state index contributed by atoms with van der Waals surface area (Å²) in [6.07, 6.45) is -3.27. The van der Waals surface area contributed by atoms with Gasteiger partial charge < -0.3 is 5.21 Å². The third-order valence-electron chi connectivity index (χ3n) is 0.671. The summed E-state index contributed by atoms with van der Waals surface area (Å²) in [4.78, 5) is 0. The van der Waals surface area contributed by atoms with Crippen LogP contribution < -0.4 is 0 Å². The third kappa shape index (κ3) is 3.92. The summed E-state index contributed by atoms with van der Waals surface area (Å²) in [7, 11) is 0. The van der Waals surface area contributed by atoms with Crippen LogP contribution in [0.25, 0.3) is 0 Å². The molecule has 6 heteroatoms. The minimum atomic E-state index is -4.57. The second-order valence-corrected chi connectivity index (χ2v) is 2.51. The molecule has 0 aromatic rings. The first-order valence-electron chi connectivity index (χ1n) is 2.55. The standard InChI is InChI=1S/C5H6F3NOS/c1-2-3-11-4(9-10)5(6,7)8/h2,10H,1,3H2/b9-4-. The lowest BCUT2D eigenvalue weighted by molar-refractivity contribution is -0.0573. The van der Waals surface area contributed by atoms with Gasteiger partial charge in [0.1, 0.15) is 0 Å². The number of thioether (sulfide) groups is 1. The molecule has 0 bridgehead atoms. The SMILES string of the molecule is C=CCS/C(=N\O)C(F)(F)F. The van der Waals surface area contributed by atoms with E-state index in [4.69, 9.17) is 5.21 Å². The molecular weight excluding hydrogens is 179 g/mol. The Kier molecular flexibility index (Phi) is 4.02. The van der Waals surface area contributed by atoms with Crippen LogP contribution in [0.5, 0.6) is 0 Å². The summed E-state index contributed by atoms with van der Waals surface area (Å²) in [6, 6.07) is 0. The maximum atomic E-state index is 11.7. The number of hydrogen-bond acceptors (Lipinski definition) is 3. The highest BCUT2D eigenvalue weighted by atomic mass is 32.2. The number of alkyl halides is 3. The molecule has 0 aliphatic carbocycles. The number of rotatable bonds is 2. The van der Waals surface area contributed by atoms with E-state index in [0.29, 0.717) is 11.8 Å². The molecule has 64 valence electrons. The fourth-order valence-corrected chi connectivity index (χ4v) is 0.802. The molecule has 0 spiro atoms. The molecule has 1 N–H and O–H groups in total. The molecule has 0 saturated heterocycles. The van der Waals surface area contributed by atoms with Crippen LogP contribution in [0.1, 0.15) is 0 Å². The van der Waals surface area contributed by atoms with Crippen LogP contribution in [0.2, 0.25) is 0 Å². The number of halogens is 3. The predicted octanol–water partition coefficient (Wildman–Crippen LogP) is 2.26. The van der Waals surface area contributed by atoms with Gasteiger partial charge in [0.05, 0.1) is 0 Å². The maximum absolute atomic E-state index is 11.7. The minimum Gasteiger partial charge on any atom is -0.410 e. The lowest BCUT2D eigenvalue weighted by atomic mass is 10.7. The molecule has 0 fully saturated rings. The molecule has 0 rings (SSSR count). The number of hydrogen-bond donors (Lipinski definition) is 1. The van der Waals surface area contributed by atoms with Gasteiger partial charge in [-0.2, -0.15) is 13.2 Å². The van der Waals surface area contributed by atoms with Crippen molar-refractivity contribution in [3.05, 3.63) is 12.7 Å². The van der Waals surface area contributed by atoms with E-state index in [0.717, 1.165) is 0 Å². The highest BCUT2D eigenvalue weighted by Crippen LogP contribution is 2.24. The molecule has 2 nitrogen and oxygen atoms in total. The van der Waals surface area contributed by atoms with Gasteiger partial charge >= 0.3 is 6.18 Å². The lowest BCUT2D eigenvalue weighted by Crippen LogP contribution is -2.19. The highest BCUT2D eigenvalue weighted by Gasteiger charge is 2.36. The first kappa shape index (κ1) is 10.3. The largest absolute Gasteiger partial charge is 0.442 e. The molecular formula is C5H6F3NOS. The smallest absolute Gasteiger partial charge is 0.410 e. The average molecular weight is 185 g/mol. The second kappa shape index (κ2) is 4.27. The Morgan fingerprint density at radius 1 is 1.64 bits per heavy atom. The molecule has 0 aromatic carbocycles. The van der Waals surface area contributed by atoms with Crippen molar-refractivity contribution < 1.29 is 18.4 Å². The molecule has 0 aliphatic rings. The fourth-order valence-electron chi connectivity index (χ4n) is 0.305. The van der Waals surface area contributed by atoms with Gasteiger partial charge in [0.15, 0.2) is 0 Å². The van der Waals surface area contributed by atoms with E-state index in [1.807, 2.05) is 0 Å². The van der Waals surface area contributed by atoms with Crippen molar-refractivity contribution in [3.8, 4) is 0 Å². The van der Waals surface area contributed by atoms with Gasteiger partial charge in [0.2, 0.25) is 5.04 Å². The zero-order chi connectivity index (χ0) is 8.91. The van der Waals surface area contributed by atoms with Crippen molar-refractivity contribution in [1.82, 2.24) is 0 Å². The van der Waals surface area contributed by atoms with E-state index in [-0.39, 0.29) is 5.75 Å². The van der Waals surface area contributed by atoms with Crippen LogP contribution in [0.15, 0.2) is 17.8 Å². The van der Waals surface area contributed by atoms with Crippen LogP contribution in [-0.4, -0.2) is 22.2 Å². The summed E-state index contributed by atoms with van der Waals surface area (Å²) < 4.78 is 35.1. The summed E-state index contributed by atoms with van der Waals surface area (Å²) in [5.74, 6) is 0.0684. The molecule has 0 radical (unpaired) electrons. The van der Waals surface area contributed by atoms with E-state index in [1.54, 1.807) is 0 Å². The lowest BCUT2D eigenvalue weighted by Gasteiger charge is -2.05. The molecule has 0 amide bonds. The predicted molar refractivity (Wildman–Crippen MR) is 37.9 cm³/mol. The Morgan fingerprint density at radius 3 is 2.45 bits per heavy atom. The average Bonchev–Trinajstić information content (AvgIpc) is 1.87. The van der Waals surface area contributed by atoms with Gasteiger partial charge in [-0.15, -0.1) is 6.58 Å². The normalized spacial score (nSPS) is 13.2. The van der Waals surface area contributed by atoms with E-state index >= 15 is 0 Å². The molecule has 0 heterocycles. The van der Waals surface area contributed by atoms with Gasteiger partial charge in [-0.3, -0.25) is 0 Å². The van der Waals surface area contributed by atoms with Crippen LogP contribution in [-0.2, 0) is 0 Å².